The molecule has 4 rings (SSSR count). The number of hydrogen-bond donors (Lipinski definition) is 1. The highest BCUT2D eigenvalue weighted by Gasteiger charge is 2.18. The van der Waals surface area contributed by atoms with Gasteiger partial charge in [-0.2, -0.15) is 4.98 Å². The number of hydrogen-bond acceptors (Lipinski definition) is 7. The Labute approximate surface area is 166 Å². The van der Waals surface area contributed by atoms with E-state index in [0.717, 1.165) is 11.3 Å². The molecule has 0 bridgehead atoms. The fourth-order valence-corrected chi connectivity index (χ4v) is 2.80. The van der Waals surface area contributed by atoms with E-state index in [9.17, 15) is 4.79 Å². The maximum Gasteiger partial charge on any atom is 0.265 e. The third kappa shape index (κ3) is 4.16. The quantitative estimate of drug-likeness (QED) is 0.513. The standard InChI is InChI=1S/C21H18N4O4/c1-2-27-16-10-8-15(9-11-16)24-17(26)12-28-20-18-19(14-6-4-3-5-7-14)25-29-21(18)23-13-22-20/h3-11,13H,2,12H2,1H3,(H,24,26). The minimum Gasteiger partial charge on any atom is -0.494 e. The van der Waals surface area contributed by atoms with Crippen LogP contribution in [-0.2, 0) is 4.79 Å². The number of nitrogens with zero attached hydrogens (tertiary/aromatic N) is 3. The van der Waals surface area contributed by atoms with Crippen molar-refractivity contribution in [3.63, 3.8) is 0 Å². The molecule has 4 aromatic rings. The van der Waals surface area contributed by atoms with Crippen molar-refractivity contribution in [3.8, 4) is 22.9 Å². The third-order valence-corrected chi connectivity index (χ3v) is 4.07. The van der Waals surface area contributed by atoms with Crippen molar-refractivity contribution in [1.82, 2.24) is 15.1 Å². The van der Waals surface area contributed by atoms with Crippen LogP contribution >= 0.6 is 0 Å². The van der Waals surface area contributed by atoms with Gasteiger partial charge in [0.25, 0.3) is 11.6 Å². The molecule has 2 heterocycles. The van der Waals surface area contributed by atoms with Crippen LogP contribution in [0.3, 0.4) is 0 Å². The molecule has 1 amide bonds. The maximum absolute atomic E-state index is 12.3. The van der Waals surface area contributed by atoms with Gasteiger partial charge in [-0.3, -0.25) is 4.79 Å². The topological polar surface area (TPSA) is 99.4 Å². The molecule has 8 heteroatoms. The molecule has 1 N–H and O–H groups in total. The molecule has 0 aliphatic rings. The summed E-state index contributed by atoms with van der Waals surface area (Å²) in [6, 6.07) is 16.6. The Morgan fingerprint density at radius 2 is 1.83 bits per heavy atom. The molecular formula is C21H18N4O4. The van der Waals surface area contributed by atoms with Crippen LogP contribution in [-0.4, -0.2) is 34.2 Å². The first-order valence-electron chi connectivity index (χ1n) is 9.06. The van der Waals surface area contributed by atoms with Gasteiger partial charge >= 0.3 is 0 Å². The molecule has 0 radical (unpaired) electrons. The van der Waals surface area contributed by atoms with Gasteiger partial charge < -0.3 is 19.3 Å². The molecule has 2 aromatic heterocycles. The average Bonchev–Trinajstić information content (AvgIpc) is 3.19. The van der Waals surface area contributed by atoms with Crippen molar-refractivity contribution >= 4 is 22.7 Å². The zero-order valence-electron chi connectivity index (χ0n) is 15.7. The number of benzene rings is 2. The van der Waals surface area contributed by atoms with E-state index in [1.807, 2.05) is 37.3 Å². The molecule has 2 aromatic carbocycles. The zero-order chi connectivity index (χ0) is 20.1. The first-order valence-corrected chi connectivity index (χ1v) is 9.06. The number of aromatic nitrogens is 3. The average molecular weight is 390 g/mol. The molecule has 146 valence electrons. The van der Waals surface area contributed by atoms with Crippen LogP contribution < -0.4 is 14.8 Å². The van der Waals surface area contributed by atoms with Gasteiger partial charge in [0.05, 0.1) is 6.61 Å². The number of nitrogens with one attached hydrogen (secondary N) is 1. The Morgan fingerprint density at radius 1 is 1.03 bits per heavy atom. The summed E-state index contributed by atoms with van der Waals surface area (Å²) in [7, 11) is 0. The molecule has 0 spiro atoms. The molecule has 0 aliphatic carbocycles. The van der Waals surface area contributed by atoms with E-state index < -0.39 is 0 Å². The van der Waals surface area contributed by atoms with Crippen molar-refractivity contribution in [2.75, 3.05) is 18.5 Å². The highest BCUT2D eigenvalue weighted by Crippen LogP contribution is 2.32. The molecule has 0 aliphatic heterocycles. The third-order valence-electron chi connectivity index (χ3n) is 4.07. The van der Waals surface area contributed by atoms with Crippen LogP contribution in [0.4, 0.5) is 5.69 Å². The SMILES string of the molecule is CCOc1ccc(NC(=O)COc2ncnc3onc(-c4ccccc4)c23)cc1. The van der Waals surface area contributed by atoms with Crippen molar-refractivity contribution in [3.05, 3.63) is 60.9 Å². The van der Waals surface area contributed by atoms with Crippen LogP contribution in [0.1, 0.15) is 6.92 Å². The Bertz CT molecular complexity index is 1110. The van der Waals surface area contributed by atoms with Crippen molar-refractivity contribution in [1.29, 1.82) is 0 Å². The predicted octanol–water partition coefficient (Wildman–Crippen LogP) is 3.70. The molecule has 0 saturated carbocycles. The summed E-state index contributed by atoms with van der Waals surface area (Å²) in [4.78, 5) is 20.5. The van der Waals surface area contributed by atoms with E-state index in [1.165, 1.54) is 6.33 Å². The van der Waals surface area contributed by atoms with Crippen LogP contribution in [0.5, 0.6) is 11.6 Å². The summed E-state index contributed by atoms with van der Waals surface area (Å²) < 4.78 is 16.3. The van der Waals surface area contributed by atoms with Gasteiger partial charge in [0.2, 0.25) is 5.88 Å². The lowest BCUT2D eigenvalue weighted by Gasteiger charge is -2.08. The van der Waals surface area contributed by atoms with E-state index in [0.29, 0.717) is 29.1 Å². The first kappa shape index (κ1) is 18.4. The molecule has 0 unspecified atom stereocenters. The second-order valence-electron chi connectivity index (χ2n) is 6.05. The number of carbonyl (C=O) groups is 1. The second kappa shape index (κ2) is 8.39. The lowest BCUT2D eigenvalue weighted by molar-refractivity contribution is -0.118. The Kier molecular flexibility index (Phi) is 5.33. The van der Waals surface area contributed by atoms with Crippen LogP contribution in [0, 0.1) is 0 Å². The second-order valence-corrected chi connectivity index (χ2v) is 6.05. The highest BCUT2D eigenvalue weighted by molar-refractivity contribution is 5.94. The molecule has 29 heavy (non-hydrogen) atoms. The van der Waals surface area contributed by atoms with Crippen LogP contribution in [0.2, 0.25) is 0 Å². The smallest absolute Gasteiger partial charge is 0.265 e. The molecule has 8 nitrogen and oxygen atoms in total. The molecular weight excluding hydrogens is 372 g/mol. The predicted molar refractivity (Wildman–Crippen MR) is 107 cm³/mol. The normalized spacial score (nSPS) is 10.7. The summed E-state index contributed by atoms with van der Waals surface area (Å²) >= 11 is 0. The lowest BCUT2D eigenvalue weighted by atomic mass is 10.1. The largest absolute Gasteiger partial charge is 0.494 e. The summed E-state index contributed by atoms with van der Waals surface area (Å²) in [5.74, 6) is 0.654. The van der Waals surface area contributed by atoms with E-state index >= 15 is 0 Å². The van der Waals surface area contributed by atoms with E-state index in [1.54, 1.807) is 24.3 Å². The van der Waals surface area contributed by atoms with Crippen molar-refractivity contribution < 1.29 is 18.8 Å². The number of rotatable bonds is 7. The summed E-state index contributed by atoms with van der Waals surface area (Å²) in [5, 5.41) is 7.36. The number of amides is 1. The van der Waals surface area contributed by atoms with E-state index in [-0.39, 0.29) is 18.4 Å². The minimum atomic E-state index is -0.321. The molecule has 0 fully saturated rings. The number of carbonyl (C=O) groups excluding carboxylic acids is 1. The zero-order valence-corrected chi connectivity index (χ0v) is 15.7. The number of anilines is 1. The lowest BCUT2D eigenvalue weighted by Crippen LogP contribution is -2.20. The van der Waals surface area contributed by atoms with Gasteiger partial charge in [-0.15, -0.1) is 0 Å². The van der Waals surface area contributed by atoms with Gasteiger partial charge in [0.1, 0.15) is 23.2 Å². The number of ether oxygens (including phenoxy) is 2. The van der Waals surface area contributed by atoms with Gasteiger partial charge in [0, 0.05) is 11.3 Å². The minimum absolute atomic E-state index is 0.223. The van der Waals surface area contributed by atoms with Gasteiger partial charge in [-0.05, 0) is 31.2 Å². The maximum atomic E-state index is 12.3. The Hall–Kier alpha value is -3.94. The molecule has 0 atom stereocenters. The summed E-state index contributed by atoms with van der Waals surface area (Å²) in [6.45, 7) is 2.27. The van der Waals surface area contributed by atoms with Gasteiger partial charge in [0.15, 0.2) is 6.61 Å². The Balaban J connectivity index is 1.48. The summed E-state index contributed by atoms with van der Waals surface area (Å²) in [5.41, 5.74) is 2.33. The van der Waals surface area contributed by atoms with Crippen molar-refractivity contribution in [2.45, 2.75) is 6.92 Å². The van der Waals surface area contributed by atoms with Crippen LogP contribution in [0.25, 0.3) is 22.4 Å². The van der Waals surface area contributed by atoms with E-state index in [4.69, 9.17) is 14.0 Å². The van der Waals surface area contributed by atoms with Gasteiger partial charge in [-0.1, -0.05) is 35.5 Å². The highest BCUT2D eigenvalue weighted by atomic mass is 16.5. The first-order chi connectivity index (χ1) is 14.2. The number of fused-ring (bicyclic) bond motifs is 1. The van der Waals surface area contributed by atoms with Crippen LogP contribution in [0.15, 0.2) is 65.4 Å². The molecule has 0 saturated heterocycles. The van der Waals surface area contributed by atoms with Gasteiger partial charge in [-0.25, -0.2) is 4.98 Å². The van der Waals surface area contributed by atoms with E-state index in [2.05, 4.69) is 20.4 Å². The summed E-state index contributed by atoms with van der Waals surface area (Å²) in [6.07, 6.45) is 1.31. The Morgan fingerprint density at radius 3 is 2.59 bits per heavy atom. The monoisotopic (exact) mass is 390 g/mol. The fourth-order valence-electron chi connectivity index (χ4n) is 2.80. The fraction of sp³-hybridized carbons (Fsp3) is 0.143. The van der Waals surface area contributed by atoms with Crippen molar-refractivity contribution in [2.24, 2.45) is 0 Å².